The van der Waals surface area contributed by atoms with Crippen LogP contribution in [0.5, 0.6) is 0 Å². The second-order valence-corrected chi connectivity index (χ2v) is 2.45. The number of hydrogen-bond donors (Lipinski definition) is 2. The summed E-state index contributed by atoms with van der Waals surface area (Å²) in [6, 6.07) is 7.59. The number of anilines is 1. The van der Waals surface area contributed by atoms with E-state index in [0.29, 0.717) is 0 Å². The lowest BCUT2D eigenvalue weighted by molar-refractivity contribution is 1.08. The number of hydrogen-bond acceptors (Lipinski definition) is 4. The quantitative estimate of drug-likeness (QED) is 0.481. The van der Waals surface area contributed by atoms with Gasteiger partial charge in [-0.25, -0.2) is 0 Å². The molecule has 4 nitrogen and oxygen atoms in total. The molecule has 1 aromatic carbocycles. The van der Waals surface area contributed by atoms with Crippen LogP contribution in [0.2, 0.25) is 0 Å². The fourth-order valence-electron chi connectivity index (χ4n) is 1.07. The summed E-state index contributed by atoms with van der Waals surface area (Å²) in [5.41, 5.74) is 4.23. The fraction of sp³-hybridized carbons (Fsp3) is 0. The van der Waals surface area contributed by atoms with Gasteiger partial charge in [0, 0.05) is 5.39 Å². The molecule has 0 spiro atoms. The predicted molar refractivity (Wildman–Crippen MR) is 47.3 cm³/mol. The molecule has 0 saturated heterocycles. The first-order valence-corrected chi connectivity index (χ1v) is 3.58. The Labute approximate surface area is 69.4 Å². The zero-order chi connectivity index (χ0) is 8.39. The van der Waals surface area contributed by atoms with E-state index in [0.717, 1.165) is 16.6 Å². The highest BCUT2D eigenvalue weighted by molar-refractivity contribution is 5.81. The summed E-state index contributed by atoms with van der Waals surface area (Å²) >= 11 is 0. The molecule has 0 amide bonds. The van der Waals surface area contributed by atoms with Gasteiger partial charge in [-0.2, -0.15) is 10.2 Å². The molecular weight excluding hydrogens is 152 g/mol. The lowest BCUT2D eigenvalue weighted by Gasteiger charge is -1.99. The van der Waals surface area contributed by atoms with Gasteiger partial charge in [-0.3, -0.25) is 5.84 Å². The zero-order valence-corrected chi connectivity index (χ0v) is 6.36. The third-order valence-corrected chi connectivity index (χ3v) is 1.68. The molecule has 0 saturated carbocycles. The largest absolute Gasteiger partial charge is 0.324 e. The van der Waals surface area contributed by atoms with Gasteiger partial charge in [-0.1, -0.05) is 6.07 Å². The van der Waals surface area contributed by atoms with Gasteiger partial charge in [0.25, 0.3) is 0 Å². The van der Waals surface area contributed by atoms with Crippen LogP contribution in [-0.4, -0.2) is 10.2 Å². The Balaban J connectivity index is 2.67. The molecular formula is C8H8N4. The molecule has 0 aliphatic carbocycles. The van der Waals surface area contributed by atoms with E-state index in [4.69, 9.17) is 5.84 Å². The van der Waals surface area contributed by atoms with Gasteiger partial charge < -0.3 is 5.43 Å². The highest BCUT2D eigenvalue weighted by Crippen LogP contribution is 2.14. The molecule has 2 aromatic rings. The van der Waals surface area contributed by atoms with Crippen LogP contribution in [0.15, 0.2) is 30.5 Å². The summed E-state index contributed by atoms with van der Waals surface area (Å²) < 4.78 is 0. The molecule has 0 unspecified atom stereocenters. The van der Waals surface area contributed by atoms with Crippen LogP contribution in [0.3, 0.4) is 0 Å². The van der Waals surface area contributed by atoms with E-state index in [9.17, 15) is 0 Å². The van der Waals surface area contributed by atoms with Gasteiger partial charge >= 0.3 is 0 Å². The van der Waals surface area contributed by atoms with E-state index >= 15 is 0 Å². The minimum absolute atomic E-state index is 0.836. The number of nitrogen functional groups attached to an aromatic ring is 1. The second-order valence-electron chi connectivity index (χ2n) is 2.45. The maximum Gasteiger partial charge on any atom is 0.0950 e. The summed E-state index contributed by atoms with van der Waals surface area (Å²) in [5.74, 6) is 5.24. The van der Waals surface area contributed by atoms with Crippen LogP contribution in [0, 0.1) is 0 Å². The van der Waals surface area contributed by atoms with Gasteiger partial charge in [0.2, 0.25) is 0 Å². The highest BCUT2D eigenvalue weighted by Gasteiger charge is 1.94. The van der Waals surface area contributed by atoms with Crippen molar-refractivity contribution in [3.05, 3.63) is 30.5 Å². The lowest BCUT2D eigenvalue weighted by Crippen LogP contribution is -2.06. The van der Waals surface area contributed by atoms with E-state index in [1.165, 1.54) is 0 Å². The Morgan fingerprint density at radius 2 is 2.17 bits per heavy atom. The Morgan fingerprint density at radius 1 is 1.25 bits per heavy atom. The summed E-state index contributed by atoms with van der Waals surface area (Å²) in [4.78, 5) is 0. The molecule has 0 atom stereocenters. The molecule has 1 aromatic heterocycles. The average Bonchev–Trinajstić information content (AvgIpc) is 2.17. The fourth-order valence-corrected chi connectivity index (χ4v) is 1.07. The number of nitrogens with two attached hydrogens (primary N) is 1. The number of hydrazine groups is 1. The summed E-state index contributed by atoms with van der Waals surface area (Å²) in [6.45, 7) is 0. The molecule has 4 heteroatoms. The summed E-state index contributed by atoms with van der Waals surface area (Å²) in [7, 11) is 0. The lowest BCUT2D eigenvalue weighted by atomic mass is 10.2. The van der Waals surface area contributed by atoms with Crippen molar-refractivity contribution in [3.8, 4) is 0 Å². The monoisotopic (exact) mass is 160 g/mol. The van der Waals surface area contributed by atoms with Crippen LogP contribution >= 0.6 is 0 Å². The number of fused-ring (bicyclic) bond motifs is 1. The Kier molecular flexibility index (Phi) is 1.60. The number of nitrogens with one attached hydrogen (secondary N) is 1. The van der Waals surface area contributed by atoms with Crippen molar-refractivity contribution < 1.29 is 0 Å². The topological polar surface area (TPSA) is 63.8 Å². The van der Waals surface area contributed by atoms with Crippen molar-refractivity contribution in [1.82, 2.24) is 10.2 Å². The minimum Gasteiger partial charge on any atom is -0.324 e. The Hall–Kier alpha value is -1.68. The van der Waals surface area contributed by atoms with Crippen molar-refractivity contribution in [1.29, 1.82) is 0 Å². The summed E-state index contributed by atoms with van der Waals surface area (Å²) in [5, 5.41) is 8.77. The molecule has 0 fully saturated rings. The number of aromatic nitrogens is 2. The second kappa shape index (κ2) is 2.75. The molecule has 2 rings (SSSR count). The number of nitrogens with zero attached hydrogens (tertiary/aromatic N) is 2. The van der Waals surface area contributed by atoms with Gasteiger partial charge in [0.05, 0.1) is 17.4 Å². The van der Waals surface area contributed by atoms with Crippen molar-refractivity contribution in [2.45, 2.75) is 0 Å². The summed E-state index contributed by atoms with van der Waals surface area (Å²) in [6.07, 6.45) is 1.66. The zero-order valence-electron chi connectivity index (χ0n) is 6.36. The first-order valence-electron chi connectivity index (χ1n) is 3.58. The first-order chi connectivity index (χ1) is 5.90. The maximum atomic E-state index is 5.24. The third kappa shape index (κ3) is 1.08. The number of benzene rings is 1. The molecule has 1 heterocycles. The maximum absolute atomic E-state index is 5.24. The average molecular weight is 160 g/mol. The predicted octanol–water partition coefficient (Wildman–Crippen LogP) is 0.915. The van der Waals surface area contributed by atoms with E-state index in [1.54, 1.807) is 6.20 Å². The van der Waals surface area contributed by atoms with Crippen molar-refractivity contribution in [2.75, 3.05) is 5.43 Å². The molecule has 12 heavy (non-hydrogen) atoms. The first kappa shape index (κ1) is 7.00. The Morgan fingerprint density at radius 3 is 3.00 bits per heavy atom. The van der Waals surface area contributed by atoms with Gasteiger partial charge in [0.15, 0.2) is 0 Å². The normalized spacial score (nSPS) is 10.1. The van der Waals surface area contributed by atoms with Crippen molar-refractivity contribution >= 4 is 16.6 Å². The van der Waals surface area contributed by atoms with Crippen molar-refractivity contribution in [2.24, 2.45) is 5.84 Å². The molecule has 0 radical (unpaired) electrons. The van der Waals surface area contributed by atoms with Gasteiger partial charge in [-0.05, 0) is 18.2 Å². The highest BCUT2D eigenvalue weighted by atomic mass is 15.2. The van der Waals surface area contributed by atoms with E-state index < -0.39 is 0 Å². The van der Waals surface area contributed by atoms with Gasteiger partial charge in [-0.15, -0.1) is 0 Å². The SMILES string of the molecule is NNc1ccc2ccnnc2c1. The van der Waals surface area contributed by atoms with E-state index in [-0.39, 0.29) is 0 Å². The van der Waals surface area contributed by atoms with E-state index in [2.05, 4.69) is 15.6 Å². The van der Waals surface area contributed by atoms with Crippen LogP contribution in [-0.2, 0) is 0 Å². The number of rotatable bonds is 1. The van der Waals surface area contributed by atoms with Crippen molar-refractivity contribution in [3.63, 3.8) is 0 Å². The smallest absolute Gasteiger partial charge is 0.0950 e. The van der Waals surface area contributed by atoms with Crippen LogP contribution < -0.4 is 11.3 Å². The molecule has 0 aliphatic rings. The minimum atomic E-state index is 0.836. The Bertz CT molecular complexity index is 399. The van der Waals surface area contributed by atoms with E-state index in [1.807, 2.05) is 24.3 Å². The van der Waals surface area contributed by atoms with Crippen LogP contribution in [0.4, 0.5) is 5.69 Å². The molecule has 3 N–H and O–H groups in total. The van der Waals surface area contributed by atoms with Crippen LogP contribution in [0.25, 0.3) is 10.9 Å². The standard InChI is InChI=1S/C8H8N4/c9-11-7-2-1-6-3-4-10-12-8(6)5-7/h1-5,11H,9H2. The molecule has 0 aliphatic heterocycles. The molecule has 0 bridgehead atoms. The molecule has 60 valence electrons. The van der Waals surface area contributed by atoms with Crippen LogP contribution in [0.1, 0.15) is 0 Å². The third-order valence-electron chi connectivity index (χ3n) is 1.68. The van der Waals surface area contributed by atoms with Gasteiger partial charge in [0.1, 0.15) is 0 Å².